The van der Waals surface area contributed by atoms with Gasteiger partial charge in [-0.25, -0.2) is 0 Å². The first kappa shape index (κ1) is 15.3. The highest BCUT2D eigenvalue weighted by atomic mass is 31.1. The van der Waals surface area contributed by atoms with Crippen molar-refractivity contribution >= 4 is 7.92 Å². The van der Waals surface area contributed by atoms with Crippen LogP contribution in [0.5, 0.6) is 0 Å². The molecule has 0 bridgehead atoms. The summed E-state index contributed by atoms with van der Waals surface area (Å²) in [5.41, 5.74) is -0.0617. The molecule has 2 atom stereocenters. The van der Waals surface area contributed by atoms with E-state index in [4.69, 9.17) is 5.11 Å². The van der Waals surface area contributed by atoms with Crippen molar-refractivity contribution in [3.63, 3.8) is 0 Å². The lowest BCUT2D eigenvalue weighted by atomic mass is 9.78. The highest BCUT2D eigenvalue weighted by Crippen LogP contribution is 2.41. The quantitative estimate of drug-likeness (QED) is 0.639. The highest BCUT2D eigenvalue weighted by molar-refractivity contribution is 7.56. The van der Waals surface area contributed by atoms with Gasteiger partial charge in [0.25, 0.3) is 0 Å². The molecule has 0 amide bonds. The molecule has 0 spiro atoms. The number of rotatable bonds is 8. The molecule has 0 aromatic heterocycles. The maximum atomic E-state index is 13.0. The molecule has 0 saturated heterocycles. The molecule has 3 heteroatoms. The van der Waals surface area contributed by atoms with Crippen molar-refractivity contribution in [3.05, 3.63) is 0 Å². The molecule has 0 aromatic rings. The first-order chi connectivity index (χ1) is 6.97. The molecule has 0 aromatic carbocycles. The van der Waals surface area contributed by atoms with Gasteiger partial charge in [-0.3, -0.25) is 4.39 Å². The van der Waals surface area contributed by atoms with Gasteiger partial charge in [-0.2, -0.15) is 0 Å². The topological polar surface area (TPSA) is 20.2 Å². The van der Waals surface area contributed by atoms with Crippen LogP contribution in [0, 0.1) is 11.3 Å². The number of alkyl halides is 1. The van der Waals surface area contributed by atoms with Crippen LogP contribution in [0.25, 0.3) is 0 Å². The Morgan fingerprint density at radius 3 is 2.40 bits per heavy atom. The van der Waals surface area contributed by atoms with Crippen molar-refractivity contribution in [3.8, 4) is 0 Å². The fourth-order valence-corrected chi connectivity index (χ4v) is 4.14. The number of halogens is 1. The number of hydrogen-bond acceptors (Lipinski definition) is 1. The first-order valence-electron chi connectivity index (χ1n) is 5.83. The van der Waals surface area contributed by atoms with Crippen molar-refractivity contribution in [1.29, 1.82) is 0 Å². The van der Waals surface area contributed by atoms with Crippen LogP contribution in [0.3, 0.4) is 0 Å². The Kier molecular flexibility index (Phi) is 7.73. The molecule has 0 radical (unpaired) electrons. The predicted molar refractivity (Wildman–Crippen MR) is 67.8 cm³/mol. The molecular weight excluding hydrogens is 210 g/mol. The SMILES string of the molecule is CCCP(C)CC(CF)C(C)(C)CCO. The molecule has 1 nitrogen and oxygen atoms in total. The van der Waals surface area contributed by atoms with E-state index in [1.54, 1.807) is 0 Å². The summed E-state index contributed by atoms with van der Waals surface area (Å²) in [6.07, 6.45) is 4.15. The molecule has 0 heterocycles. The summed E-state index contributed by atoms with van der Waals surface area (Å²) in [5, 5.41) is 8.97. The molecule has 0 fully saturated rings. The number of aliphatic hydroxyl groups is 1. The Labute approximate surface area is 95.2 Å². The third-order valence-corrected chi connectivity index (χ3v) is 5.46. The van der Waals surface area contributed by atoms with E-state index in [1.165, 1.54) is 12.6 Å². The second kappa shape index (κ2) is 7.57. The Morgan fingerprint density at radius 1 is 1.40 bits per heavy atom. The molecule has 1 N–H and O–H groups in total. The Bertz CT molecular complexity index is 162. The maximum absolute atomic E-state index is 13.0. The maximum Gasteiger partial charge on any atom is 0.0931 e. The van der Waals surface area contributed by atoms with Crippen LogP contribution >= 0.6 is 7.92 Å². The van der Waals surface area contributed by atoms with Gasteiger partial charge >= 0.3 is 0 Å². The van der Waals surface area contributed by atoms with Gasteiger partial charge in [0.1, 0.15) is 0 Å². The van der Waals surface area contributed by atoms with E-state index < -0.39 is 0 Å². The minimum atomic E-state index is -0.247. The fraction of sp³-hybridized carbons (Fsp3) is 1.00. The minimum absolute atomic E-state index is 0.0225. The monoisotopic (exact) mass is 236 g/mol. The smallest absolute Gasteiger partial charge is 0.0931 e. The molecular formula is C12H26FOP. The summed E-state index contributed by atoms with van der Waals surface area (Å²) in [5.74, 6) is 0.118. The zero-order valence-corrected chi connectivity index (χ0v) is 11.5. The van der Waals surface area contributed by atoms with Gasteiger partial charge in [0, 0.05) is 6.61 Å². The van der Waals surface area contributed by atoms with Crippen LogP contribution in [0.15, 0.2) is 0 Å². The average molecular weight is 236 g/mol. The standard InChI is InChI=1S/C12H26FOP/c1-5-8-15(4)10-11(9-13)12(2,3)6-7-14/h11,14H,5-10H2,1-4H3. The lowest BCUT2D eigenvalue weighted by Crippen LogP contribution is -2.29. The van der Waals surface area contributed by atoms with Gasteiger partial charge < -0.3 is 5.11 Å². The van der Waals surface area contributed by atoms with E-state index in [2.05, 4.69) is 27.4 Å². The van der Waals surface area contributed by atoms with Crippen LogP contribution in [0.1, 0.15) is 33.6 Å². The molecule has 0 saturated carbocycles. The predicted octanol–water partition coefficient (Wildman–Crippen LogP) is 3.50. The van der Waals surface area contributed by atoms with Crippen LogP contribution in [-0.2, 0) is 0 Å². The average Bonchev–Trinajstić information content (AvgIpc) is 2.14. The van der Waals surface area contributed by atoms with Crippen molar-refractivity contribution in [2.24, 2.45) is 11.3 Å². The molecule has 2 unspecified atom stereocenters. The third-order valence-electron chi connectivity index (χ3n) is 3.18. The summed E-state index contributed by atoms with van der Waals surface area (Å²) in [6.45, 7) is 8.51. The second-order valence-electron chi connectivity index (χ2n) is 5.08. The first-order valence-corrected chi connectivity index (χ1v) is 7.99. The van der Waals surface area contributed by atoms with E-state index >= 15 is 0 Å². The molecule has 0 aliphatic rings. The van der Waals surface area contributed by atoms with Crippen molar-refractivity contribution in [1.82, 2.24) is 0 Å². The van der Waals surface area contributed by atoms with Crippen LogP contribution in [0.2, 0.25) is 0 Å². The Balaban J connectivity index is 4.21. The van der Waals surface area contributed by atoms with Crippen molar-refractivity contribution in [2.45, 2.75) is 33.6 Å². The lowest BCUT2D eigenvalue weighted by molar-refractivity contribution is 0.136. The number of aliphatic hydroxyl groups excluding tert-OH is 1. The van der Waals surface area contributed by atoms with Gasteiger partial charge in [-0.05, 0) is 36.7 Å². The molecule has 92 valence electrons. The number of hydrogen-bond donors (Lipinski definition) is 1. The fourth-order valence-electron chi connectivity index (χ4n) is 1.85. The van der Waals surface area contributed by atoms with E-state index in [0.717, 1.165) is 6.16 Å². The van der Waals surface area contributed by atoms with E-state index in [-0.39, 0.29) is 32.5 Å². The zero-order valence-electron chi connectivity index (χ0n) is 10.6. The van der Waals surface area contributed by atoms with Crippen molar-refractivity contribution < 1.29 is 9.50 Å². The van der Waals surface area contributed by atoms with E-state index in [9.17, 15) is 4.39 Å². The summed E-state index contributed by atoms with van der Waals surface area (Å²) >= 11 is 0. The molecule has 15 heavy (non-hydrogen) atoms. The van der Waals surface area contributed by atoms with Crippen LogP contribution in [0.4, 0.5) is 4.39 Å². The van der Waals surface area contributed by atoms with Gasteiger partial charge in [-0.15, -0.1) is 7.92 Å². The van der Waals surface area contributed by atoms with Crippen LogP contribution < -0.4 is 0 Å². The molecule has 0 aliphatic carbocycles. The van der Waals surface area contributed by atoms with Gasteiger partial charge in [0.15, 0.2) is 0 Å². The van der Waals surface area contributed by atoms with Gasteiger partial charge in [0.2, 0.25) is 0 Å². The summed E-state index contributed by atoms with van der Waals surface area (Å²) in [6, 6.07) is 0. The van der Waals surface area contributed by atoms with Gasteiger partial charge in [-0.1, -0.05) is 27.2 Å². The Hall–Kier alpha value is 0.320. The Morgan fingerprint density at radius 2 is 2.00 bits per heavy atom. The summed E-state index contributed by atoms with van der Waals surface area (Å²) in [4.78, 5) is 0. The second-order valence-corrected chi connectivity index (χ2v) is 7.60. The van der Waals surface area contributed by atoms with Crippen molar-refractivity contribution in [2.75, 3.05) is 32.3 Å². The molecule has 0 aliphatic heterocycles. The zero-order chi connectivity index (χ0) is 11.9. The van der Waals surface area contributed by atoms with Gasteiger partial charge in [0.05, 0.1) is 6.67 Å². The lowest BCUT2D eigenvalue weighted by Gasteiger charge is -2.34. The minimum Gasteiger partial charge on any atom is -0.396 e. The summed E-state index contributed by atoms with van der Waals surface area (Å²) in [7, 11) is -0.0225. The normalized spacial score (nSPS) is 16.4. The highest BCUT2D eigenvalue weighted by Gasteiger charge is 2.29. The third kappa shape index (κ3) is 5.82. The van der Waals surface area contributed by atoms with E-state index in [0.29, 0.717) is 6.42 Å². The summed E-state index contributed by atoms with van der Waals surface area (Å²) < 4.78 is 13.0. The molecule has 0 rings (SSSR count). The largest absolute Gasteiger partial charge is 0.396 e. The van der Waals surface area contributed by atoms with Crippen LogP contribution in [-0.4, -0.2) is 37.4 Å². The van der Waals surface area contributed by atoms with E-state index in [1.807, 2.05) is 0 Å².